The average Bonchev–Trinajstić information content (AvgIpc) is 2.24. The van der Waals surface area contributed by atoms with Gasteiger partial charge in [0.2, 0.25) is 0 Å². The molecule has 1 aromatic rings. The van der Waals surface area contributed by atoms with E-state index in [1.54, 1.807) is 6.92 Å². The minimum absolute atomic E-state index is 0.0419. The van der Waals surface area contributed by atoms with Crippen molar-refractivity contribution in [3.8, 4) is 0 Å². The Morgan fingerprint density at radius 3 is 2.74 bits per heavy atom. The minimum Gasteiger partial charge on any atom is -0.388 e. The number of nitrogens with one attached hydrogen (secondary N) is 1. The highest BCUT2D eigenvalue weighted by Gasteiger charge is 2.22. The summed E-state index contributed by atoms with van der Waals surface area (Å²) in [6.07, 6.45) is 0.614. The van der Waals surface area contributed by atoms with Gasteiger partial charge in [-0.25, -0.2) is 4.98 Å². The number of nitro groups is 1. The third-order valence-electron chi connectivity index (χ3n) is 2.49. The fraction of sp³-hybridized carbons (Fsp3) is 0.583. The lowest BCUT2D eigenvalue weighted by molar-refractivity contribution is -0.384. The number of aliphatic hydroxyl groups is 1. The summed E-state index contributed by atoms with van der Waals surface area (Å²) in [5, 5.41) is 23.7. The third-order valence-corrected chi connectivity index (χ3v) is 2.68. The largest absolute Gasteiger partial charge is 0.388 e. The molecule has 1 rings (SSSR count). The highest BCUT2D eigenvalue weighted by molar-refractivity contribution is 6.29. The summed E-state index contributed by atoms with van der Waals surface area (Å²) >= 11 is 5.71. The number of anilines is 1. The topological polar surface area (TPSA) is 88.3 Å². The maximum atomic E-state index is 10.7. The van der Waals surface area contributed by atoms with Gasteiger partial charge in [-0.05, 0) is 19.3 Å². The zero-order valence-electron chi connectivity index (χ0n) is 11.2. The molecule has 0 saturated carbocycles. The molecule has 0 aliphatic rings. The maximum Gasteiger partial charge on any atom is 0.276 e. The van der Waals surface area contributed by atoms with E-state index >= 15 is 0 Å². The van der Waals surface area contributed by atoms with Gasteiger partial charge in [0.25, 0.3) is 5.69 Å². The summed E-state index contributed by atoms with van der Waals surface area (Å²) in [5.74, 6) is 0.627. The van der Waals surface area contributed by atoms with Gasteiger partial charge in [0, 0.05) is 6.54 Å². The van der Waals surface area contributed by atoms with E-state index in [0.717, 1.165) is 0 Å². The molecule has 19 heavy (non-hydrogen) atoms. The smallest absolute Gasteiger partial charge is 0.276 e. The maximum absolute atomic E-state index is 10.7. The fourth-order valence-electron chi connectivity index (χ4n) is 1.91. The normalized spacial score (nSPS) is 14.2. The molecule has 6 nitrogen and oxygen atoms in total. The van der Waals surface area contributed by atoms with E-state index < -0.39 is 10.5 Å². The van der Waals surface area contributed by atoms with Crippen molar-refractivity contribution >= 4 is 23.1 Å². The minimum atomic E-state index is -0.910. The van der Waals surface area contributed by atoms with Crippen LogP contribution in [0.4, 0.5) is 11.5 Å². The molecule has 0 bridgehead atoms. The summed E-state index contributed by atoms with van der Waals surface area (Å²) in [4.78, 5) is 14.1. The van der Waals surface area contributed by atoms with Gasteiger partial charge in [0.1, 0.15) is 11.0 Å². The number of halogens is 1. The molecule has 0 aliphatic heterocycles. The van der Waals surface area contributed by atoms with Crippen molar-refractivity contribution < 1.29 is 10.0 Å². The van der Waals surface area contributed by atoms with Gasteiger partial charge in [-0.1, -0.05) is 25.4 Å². The molecule has 0 saturated heterocycles. The van der Waals surface area contributed by atoms with Crippen molar-refractivity contribution in [2.45, 2.75) is 32.8 Å². The number of hydrogen-bond acceptors (Lipinski definition) is 5. The third kappa shape index (κ3) is 5.40. The molecule has 0 radical (unpaired) electrons. The Bertz CT molecular complexity index is 464. The van der Waals surface area contributed by atoms with Crippen LogP contribution in [0, 0.1) is 16.0 Å². The first-order valence-corrected chi connectivity index (χ1v) is 6.35. The number of nitrogens with zero attached hydrogens (tertiary/aromatic N) is 2. The highest BCUT2D eigenvalue weighted by atomic mass is 35.5. The Morgan fingerprint density at radius 1 is 1.58 bits per heavy atom. The molecule has 0 spiro atoms. The van der Waals surface area contributed by atoms with Crippen molar-refractivity contribution in [2.24, 2.45) is 5.92 Å². The molecule has 0 aromatic carbocycles. The van der Waals surface area contributed by atoms with E-state index in [0.29, 0.717) is 12.3 Å². The van der Waals surface area contributed by atoms with Crippen molar-refractivity contribution in [3.05, 3.63) is 27.4 Å². The SMILES string of the molecule is CC(C)CC(C)(O)CNc1cc([N+](=O)[O-])cc(Cl)n1. The van der Waals surface area contributed by atoms with Crippen molar-refractivity contribution in [1.29, 1.82) is 0 Å². The molecule has 1 heterocycles. The van der Waals surface area contributed by atoms with Crippen LogP contribution in [0.1, 0.15) is 27.2 Å². The quantitative estimate of drug-likeness (QED) is 0.477. The highest BCUT2D eigenvalue weighted by Crippen LogP contribution is 2.22. The predicted molar refractivity (Wildman–Crippen MR) is 74.5 cm³/mol. The summed E-state index contributed by atoms with van der Waals surface area (Å²) < 4.78 is 0. The second-order valence-electron chi connectivity index (χ2n) is 5.24. The average molecular weight is 288 g/mol. The van der Waals surface area contributed by atoms with E-state index in [2.05, 4.69) is 10.3 Å². The molecule has 7 heteroatoms. The van der Waals surface area contributed by atoms with Crippen LogP contribution in [0.25, 0.3) is 0 Å². The summed E-state index contributed by atoms with van der Waals surface area (Å²) in [6, 6.07) is 2.47. The van der Waals surface area contributed by atoms with Gasteiger partial charge in [-0.15, -0.1) is 0 Å². The van der Waals surface area contributed by atoms with Crippen molar-refractivity contribution in [3.63, 3.8) is 0 Å². The van der Waals surface area contributed by atoms with E-state index in [-0.39, 0.29) is 23.2 Å². The van der Waals surface area contributed by atoms with E-state index in [4.69, 9.17) is 11.6 Å². The molecular weight excluding hydrogens is 270 g/mol. The molecular formula is C12H18ClN3O3. The number of aromatic nitrogens is 1. The van der Waals surface area contributed by atoms with Crippen LogP contribution >= 0.6 is 11.6 Å². The zero-order chi connectivity index (χ0) is 14.6. The molecule has 106 valence electrons. The van der Waals surface area contributed by atoms with E-state index in [1.807, 2.05) is 13.8 Å². The Balaban J connectivity index is 2.75. The van der Waals surface area contributed by atoms with E-state index in [1.165, 1.54) is 12.1 Å². The van der Waals surface area contributed by atoms with Gasteiger partial charge < -0.3 is 10.4 Å². The van der Waals surface area contributed by atoms with Gasteiger partial charge in [0.05, 0.1) is 22.7 Å². The molecule has 2 N–H and O–H groups in total. The second kappa shape index (κ2) is 6.16. The van der Waals surface area contributed by atoms with Crippen LogP contribution in [0.2, 0.25) is 5.15 Å². The van der Waals surface area contributed by atoms with Crippen molar-refractivity contribution in [2.75, 3.05) is 11.9 Å². The standard InChI is InChI=1S/C12H18ClN3O3/c1-8(2)6-12(3,17)7-14-11-5-9(16(18)19)4-10(13)15-11/h4-5,8,17H,6-7H2,1-3H3,(H,14,15). The Kier molecular flexibility index (Phi) is 5.08. The lowest BCUT2D eigenvalue weighted by Crippen LogP contribution is -2.35. The van der Waals surface area contributed by atoms with Gasteiger partial charge in [-0.2, -0.15) is 0 Å². The van der Waals surface area contributed by atoms with Crippen LogP contribution in [-0.2, 0) is 0 Å². The molecule has 0 amide bonds. The first-order valence-electron chi connectivity index (χ1n) is 5.98. The van der Waals surface area contributed by atoms with Crippen LogP contribution in [0.5, 0.6) is 0 Å². The first-order chi connectivity index (χ1) is 8.69. The molecule has 0 fully saturated rings. The Labute approximate surface area is 117 Å². The van der Waals surface area contributed by atoms with Gasteiger partial charge in [-0.3, -0.25) is 10.1 Å². The molecule has 1 aromatic heterocycles. The van der Waals surface area contributed by atoms with E-state index in [9.17, 15) is 15.2 Å². The summed E-state index contributed by atoms with van der Waals surface area (Å²) in [6.45, 7) is 5.97. The van der Waals surface area contributed by atoms with Gasteiger partial charge in [0.15, 0.2) is 0 Å². The van der Waals surface area contributed by atoms with Crippen LogP contribution in [0.3, 0.4) is 0 Å². The lowest BCUT2D eigenvalue weighted by Gasteiger charge is -2.25. The summed E-state index contributed by atoms with van der Waals surface area (Å²) in [7, 11) is 0. The Morgan fingerprint density at radius 2 is 2.21 bits per heavy atom. The van der Waals surface area contributed by atoms with Crippen molar-refractivity contribution in [1.82, 2.24) is 4.98 Å². The van der Waals surface area contributed by atoms with Gasteiger partial charge >= 0.3 is 0 Å². The number of pyridine rings is 1. The Hall–Kier alpha value is -1.40. The number of rotatable bonds is 6. The molecule has 1 unspecified atom stereocenters. The monoisotopic (exact) mass is 287 g/mol. The second-order valence-corrected chi connectivity index (χ2v) is 5.63. The predicted octanol–water partition coefficient (Wildman–Crippen LogP) is 2.85. The zero-order valence-corrected chi connectivity index (χ0v) is 11.9. The lowest BCUT2D eigenvalue weighted by atomic mass is 9.94. The first kappa shape index (κ1) is 15.7. The fourth-order valence-corrected chi connectivity index (χ4v) is 2.11. The molecule has 0 aliphatic carbocycles. The van der Waals surface area contributed by atoms with Crippen LogP contribution in [0.15, 0.2) is 12.1 Å². The number of hydrogen-bond donors (Lipinski definition) is 2. The van der Waals surface area contributed by atoms with Crippen LogP contribution in [-0.4, -0.2) is 27.2 Å². The van der Waals surface area contributed by atoms with Crippen LogP contribution < -0.4 is 5.32 Å². The molecule has 1 atom stereocenters. The summed E-state index contributed by atoms with van der Waals surface area (Å²) in [5.41, 5.74) is -1.04.